The lowest BCUT2D eigenvalue weighted by atomic mass is 10.4. The fourth-order valence-electron chi connectivity index (χ4n) is 2.13. The van der Waals surface area contributed by atoms with E-state index >= 15 is 0 Å². The van der Waals surface area contributed by atoms with Crippen molar-refractivity contribution >= 4 is 17.3 Å². The summed E-state index contributed by atoms with van der Waals surface area (Å²) in [7, 11) is 1.58. The fourth-order valence-corrected chi connectivity index (χ4v) is 3.11. The van der Waals surface area contributed by atoms with Crippen LogP contribution in [0.25, 0.3) is 0 Å². The molecule has 0 bridgehead atoms. The van der Waals surface area contributed by atoms with Crippen LogP contribution in [0.1, 0.15) is 35.8 Å². The highest BCUT2D eigenvalue weighted by Crippen LogP contribution is 2.19. The minimum atomic E-state index is -0.740. The van der Waals surface area contributed by atoms with Crippen molar-refractivity contribution in [1.82, 2.24) is 20.5 Å². The number of hydrogen-bond donors (Lipinski definition) is 2. The summed E-state index contributed by atoms with van der Waals surface area (Å²) in [6.07, 6.45) is 0.716. The van der Waals surface area contributed by atoms with Gasteiger partial charge in [0.2, 0.25) is 0 Å². The number of ether oxygens (including phenoxy) is 1. The van der Waals surface area contributed by atoms with E-state index in [1.165, 1.54) is 4.88 Å². The maximum Gasteiger partial charge on any atom is 0.268 e. The molecule has 0 saturated carbocycles. The predicted octanol–water partition coefficient (Wildman–Crippen LogP) is 1.56. The Morgan fingerprint density at radius 1 is 1.44 bits per heavy atom. The number of guanidine groups is 1. The highest BCUT2D eigenvalue weighted by atomic mass is 32.1. The predicted molar refractivity (Wildman–Crippen MR) is 99.2 cm³/mol. The molecule has 0 aromatic carbocycles. The molecule has 0 fully saturated rings. The molecule has 9 nitrogen and oxygen atoms in total. The molecule has 1 rings (SSSR count). The summed E-state index contributed by atoms with van der Waals surface area (Å²) in [5, 5.41) is 19.3. The molecule has 1 aromatic rings. The number of thiazole rings is 1. The first-order chi connectivity index (χ1) is 12.0. The van der Waals surface area contributed by atoms with Crippen LogP contribution in [0.2, 0.25) is 0 Å². The Balaban J connectivity index is 2.30. The van der Waals surface area contributed by atoms with Gasteiger partial charge in [0.1, 0.15) is 10.1 Å². The van der Waals surface area contributed by atoms with Crippen molar-refractivity contribution < 1.29 is 9.77 Å². The minimum Gasteiger partial charge on any atom is -0.375 e. The second kappa shape index (κ2) is 11.7. The summed E-state index contributed by atoms with van der Waals surface area (Å²) in [4.78, 5) is 18.5. The average Bonchev–Trinajstić information content (AvgIpc) is 2.93. The molecule has 25 heavy (non-hydrogen) atoms. The fraction of sp³-hybridized carbons (Fsp3) is 0.733. The van der Waals surface area contributed by atoms with Crippen molar-refractivity contribution in [3.8, 4) is 0 Å². The van der Waals surface area contributed by atoms with Crippen molar-refractivity contribution in [2.24, 2.45) is 5.10 Å². The first-order valence-electron chi connectivity index (χ1n) is 8.40. The van der Waals surface area contributed by atoms with Gasteiger partial charge in [0, 0.05) is 25.1 Å². The molecule has 0 unspecified atom stereocenters. The molecule has 1 aromatic heterocycles. The lowest BCUT2D eigenvalue weighted by molar-refractivity contribution is -0.485. The normalized spacial score (nSPS) is 11.8. The van der Waals surface area contributed by atoms with E-state index in [2.05, 4.69) is 46.4 Å². The van der Waals surface area contributed by atoms with E-state index in [-0.39, 0.29) is 5.96 Å². The standard InChI is InChI=1S/C15H28N6O3S/c1-5-20(6-2)10-14-18-13(12(3)25-14)11-24-9-7-8-17-15(16-4)19-21(22)23/h5-11H2,1-4H3,(H2,16,17,19). The first kappa shape index (κ1) is 21.3. The second-order valence-corrected chi connectivity index (χ2v) is 6.63. The highest BCUT2D eigenvalue weighted by molar-refractivity contribution is 7.11. The van der Waals surface area contributed by atoms with Crippen LogP contribution in [0.15, 0.2) is 5.10 Å². The number of nitrogens with zero attached hydrogens (tertiary/aromatic N) is 4. The van der Waals surface area contributed by atoms with Crippen molar-refractivity contribution in [1.29, 1.82) is 0 Å². The molecule has 0 aliphatic carbocycles. The van der Waals surface area contributed by atoms with E-state index in [0.29, 0.717) is 26.2 Å². The lowest BCUT2D eigenvalue weighted by Crippen LogP contribution is -2.36. The van der Waals surface area contributed by atoms with Crippen molar-refractivity contribution in [3.63, 3.8) is 0 Å². The van der Waals surface area contributed by atoms with Gasteiger partial charge in [-0.3, -0.25) is 4.90 Å². The Morgan fingerprint density at radius 3 is 2.76 bits per heavy atom. The van der Waals surface area contributed by atoms with Crippen LogP contribution in [0.4, 0.5) is 0 Å². The summed E-state index contributed by atoms with van der Waals surface area (Å²) in [5.74, 6) is 0.140. The zero-order valence-corrected chi connectivity index (χ0v) is 16.2. The third-order valence-corrected chi connectivity index (χ3v) is 4.60. The summed E-state index contributed by atoms with van der Waals surface area (Å²) in [5.41, 5.74) is 0.992. The van der Waals surface area contributed by atoms with E-state index in [4.69, 9.17) is 4.74 Å². The molecule has 0 spiro atoms. The molecule has 0 aliphatic rings. The zero-order valence-electron chi connectivity index (χ0n) is 15.4. The van der Waals surface area contributed by atoms with Gasteiger partial charge in [-0.1, -0.05) is 13.8 Å². The van der Waals surface area contributed by atoms with Crippen LogP contribution in [0.5, 0.6) is 0 Å². The minimum absolute atomic E-state index is 0.140. The molecule has 2 N–H and O–H groups in total. The van der Waals surface area contributed by atoms with Crippen LogP contribution in [0.3, 0.4) is 0 Å². The SMILES string of the molecule is CCN(CC)Cc1nc(COCCCNC(=N[N+](=O)[O-])NC)c(C)s1. The zero-order chi connectivity index (χ0) is 18.7. The number of nitrogens with one attached hydrogen (secondary N) is 2. The van der Waals surface area contributed by atoms with Gasteiger partial charge in [-0.2, -0.15) is 0 Å². The maximum absolute atomic E-state index is 10.3. The van der Waals surface area contributed by atoms with Crippen molar-refractivity contribution in [3.05, 3.63) is 25.7 Å². The topological polar surface area (TPSA) is 105 Å². The number of hydrazone groups is 1. The highest BCUT2D eigenvalue weighted by Gasteiger charge is 2.10. The first-order valence-corrected chi connectivity index (χ1v) is 9.21. The summed E-state index contributed by atoms with van der Waals surface area (Å²) < 4.78 is 5.66. The van der Waals surface area contributed by atoms with Gasteiger partial charge >= 0.3 is 0 Å². The van der Waals surface area contributed by atoms with Crippen LogP contribution in [0, 0.1) is 17.0 Å². The van der Waals surface area contributed by atoms with E-state index in [1.807, 2.05) is 0 Å². The number of aryl methyl sites for hydroxylation is 1. The Kier molecular flexibility index (Phi) is 9.97. The molecular formula is C15H28N6O3S. The molecule has 0 atom stereocenters. The molecule has 10 heteroatoms. The molecule has 0 aliphatic heterocycles. The van der Waals surface area contributed by atoms with E-state index in [9.17, 15) is 10.1 Å². The largest absolute Gasteiger partial charge is 0.375 e. The quantitative estimate of drug-likeness (QED) is 0.200. The molecular weight excluding hydrogens is 344 g/mol. The molecule has 0 saturated heterocycles. The van der Waals surface area contributed by atoms with Crippen LogP contribution in [-0.4, -0.2) is 54.2 Å². The third kappa shape index (κ3) is 8.23. The third-order valence-electron chi connectivity index (χ3n) is 3.61. The van der Waals surface area contributed by atoms with Crippen molar-refractivity contribution in [2.45, 2.75) is 40.3 Å². The van der Waals surface area contributed by atoms with E-state index in [1.54, 1.807) is 18.4 Å². The smallest absolute Gasteiger partial charge is 0.268 e. The van der Waals surface area contributed by atoms with Gasteiger partial charge in [-0.25, -0.2) is 15.1 Å². The average molecular weight is 372 g/mol. The second-order valence-electron chi connectivity index (χ2n) is 5.34. The van der Waals surface area contributed by atoms with Gasteiger partial charge in [0.15, 0.2) is 5.03 Å². The number of rotatable bonds is 11. The van der Waals surface area contributed by atoms with Crippen LogP contribution >= 0.6 is 11.3 Å². The van der Waals surface area contributed by atoms with Crippen molar-refractivity contribution in [2.75, 3.05) is 33.3 Å². The lowest BCUT2D eigenvalue weighted by Gasteiger charge is -2.15. The molecule has 1 heterocycles. The summed E-state index contributed by atoms with van der Waals surface area (Å²) >= 11 is 1.72. The monoisotopic (exact) mass is 372 g/mol. The van der Waals surface area contributed by atoms with Crippen LogP contribution < -0.4 is 10.6 Å². The number of nitro groups is 1. The Hall–Kier alpha value is -1.78. The Morgan fingerprint density at radius 2 is 2.16 bits per heavy atom. The Bertz CT molecular complexity index is 559. The number of aromatic nitrogens is 1. The van der Waals surface area contributed by atoms with Crippen LogP contribution in [-0.2, 0) is 17.9 Å². The summed E-state index contributed by atoms with van der Waals surface area (Å²) in [6.45, 7) is 10.9. The van der Waals surface area contributed by atoms with Gasteiger partial charge < -0.3 is 15.4 Å². The maximum atomic E-state index is 10.3. The molecule has 142 valence electrons. The Labute approximate surface area is 152 Å². The van der Waals surface area contributed by atoms with Gasteiger partial charge in [0.05, 0.1) is 18.8 Å². The van der Waals surface area contributed by atoms with Gasteiger partial charge in [0.25, 0.3) is 5.96 Å². The van der Waals surface area contributed by atoms with E-state index < -0.39 is 5.03 Å². The summed E-state index contributed by atoms with van der Waals surface area (Å²) in [6, 6.07) is 0. The molecule has 0 radical (unpaired) electrons. The number of hydrogen-bond acceptors (Lipinski definition) is 6. The molecule has 0 amide bonds. The van der Waals surface area contributed by atoms with Gasteiger partial charge in [-0.05, 0) is 26.4 Å². The van der Waals surface area contributed by atoms with E-state index in [0.717, 1.165) is 30.3 Å². The van der Waals surface area contributed by atoms with Gasteiger partial charge in [-0.15, -0.1) is 11.3 Å².